The highest BCUT2D eigenvalue weighted by molar-refractivity contribution is 5.93. The van der Waals surface area contributed by atoms with Crippen molar-refractivity contribution in [3.63, 3.8) is 0 Å². The Kier molecular flexibility index (Phi) is 7.17. The molecule has 1 heterocycles. The number of nitrogens with zero attached hydrogens (tertiary/aromatic N) is 1. The zero-order valence-corrected chi connectivity index (χ0v) is 18.3. The van der Waals surface area contributed by atoms with E-state index in [2.05, 4.69) is 22.4 Å². The summed E-state index contributed by atoms with van der Waals surface area (Å²) in [5, 5.41) is 23.3. The van der Waals surface area contributed by atoms with Crippen molar-refractivity contribution in [3.05, 3.63) is 89.2 Å². The van der Waals surface area contributed by atoms with Crippen molar-refractivity contribution < 1.29 is 24.5 Å². The Morgan fingerprint density at radius 3 is 2.32 bits per heavy atom. The van der Waals surface area contributed by atoms with E-state index in [1.165, 1.54) is 18.5 Å². The molecule has 6 N–H and O–H groups in total. The highest BCUT2D eigenvalue weighted by Gasteiger charge is 2.29. The molecule has 0 saturated carbocycles. The number of pyridine rings is 1. The van der Waals surface area contributed by atoms with Gasteiger partial charge in [-0.1, -0.05) is 48.5 Å². The van der Waals surface area contributed by atoms with Crippen LogP contribution >= 0.6 is 0 Å². The lowest BCUT2D eigenvalue weighted by Crippen LogP contribution is -2.31. The van der Waals surface area contributed by atoms with Crippen molar-refractivity contribution in [1.82, 2.24) is 15.7 Å². The minimum absolute atomic E-state index is 0.0453. The summed E-state index contributed by atoms with van der Waals surface area (Å²) in [6, 6.07) is 17.5. The Labute approximate surface area is 196 Å². The number of ether oxygens (including phenoxy) is 1. The number of aliphatic hydroxyl groups is 2. The highest BCUT2D eigenvalue weighted by Crippen LogP contribution is 2.44. The number of carbonyl (C=O) groups is 2. The van der Waals surface area contributed by atoms with E-state index >= 15 is 0 Å². The van der Waals surface area contributed by atoms with Crippen LogP contribution in [0.3, 0.4) is 0 Å². The average molecular weight is 463 g/mol. The molecule has 34 heavy (non-hydrogen) atoms. The van der Waals surface area contributed by atoms with Crippen molar-refractivity contribution in [2.45, 2.75) is 24.5 Å². The second-order valence-electron chi connectivity index (χ2n) is 8.03. The normalized spacial score (nSPS) is 14.0. The predicted molar refractivity (Wildman–Crippen MR) is 125 cm³/mol. The third kappa shape index (κ3) is 4.91. The lowest BCUT2D eigenvalue weighted by atomic mass is 9.98. The fourth-order valence-corrected chi connectivity index (χ4v) is 4.18. The Morgan fingerprint density at radius 2 is 1.68 bits per heavy atom. The summed E-state index contributed by atoms with van der Waals surface area (Å²) in [6.07, 6.45) is -0.372. The number of benzene rings is 2. The first-order chi connectivity index (χ1) is 16.5. The molecule has 176 valence electrons. The first-order valence-corrected chi connectivity index (χ1v) is 10.9. The van der Waals surface area contributed by atoms with Crippen LogP contribution in [0, 0.1) is 0 Å². The van der Waals surface area contributed by atoms with Crippen LogP contribution in [0.1, 0.15) is 45.5 Å². The number of aliphatic hydroxyl groups excluding tert-OH is 2. The summed E-state index contributed by atoms with van der Waals surface area (Å²) in [7, 11) is 0. The number of aromatic nitrogens is 1. The maximum absolute atomic E-state index is 12.3. The number of hydrogen-bond acceptors (Lipinski definition) is 7. The lowest BCUT2D eigenvalue weighted by Gasteiger charge is -2.19. The molecule has 2 aromatic carbocycles. The predicted octanol–water partition coefficient (Wildman–Crippen LogP) is 2.01. The van der Waals surface area contributed by atoms with Gasteiger partial charge in [-0.15, -0.1) is 0 Å². The molecule has 4 rings (SSSR count). The molecule has 2 atom stereocenters. The Hall–Kier alpha value is -3.79. The van der Waals surface area contributed by atoms with Gasteiger partial charge in [0.15, 0.2) is 0 Å². The lowest BCUT2D eigenvalue weighted by molar-refractivity contribution is 0.0134. The smallest absolute Gasteiger partial charge is 0.407 e. The van der Waals surface area contributed by atoms with Gasteiger partial charge < -0.3 is 20.3 Å². The van der Waals surface area contributed by atoms with Crippen LogP contribution in [0.4, 0.5) is 4.79 Å². The van der Waals surface area contributed by atoms with E-state index in [4.69, 9.17) is 10.6 Å². The van der Waals surface area contributed by atoms with Crippen LogP contribution in [0.5, 0.6) is 0 Å². The number of rotatable bonds is 8. The van der Waals surface area contributed by atoms with Crippen LogP contribution in [0.2, 0.25) is 0 Å². The van der Waals surface area contributed by atoms with Gasteiger partial charge >= 0.3 is 6.09 Å². The van der Waals surface area contributed by atoms with Gasteiger partial charge in [-0.2, -0.15) is 0 Å². The van der Waals surface area contributed by atoms with E-state index in [1.54, 1.807) is 0 Å². The van der Waals surface area contributed by atoms with Crippen molar-refractivity contribution in [1.29, 1.82) is 0 Å². The quantitative estimate of drug-likeness (QED) is 0.195. The zero-order chi connectivity index (χ0) is 24.1. The summed E-state index contributed by atoms with van der Waals surface area (Å²) in [4.78, 5) is 27.8. The van der Waals surface area contributed by atoms with Crippen LogP contribution in [0.15, 0.2) is 67.0 Å². The van der Waals surface area contributed by atoms with E-state index in [9.17, 15) is 19.8 Å². The second kappa shape index (κ2) is 10.4. The molecule has 0 spiro atoms. The minimum Gasteiger partial charge on any atom is -0.449 e. The van der Waals surface area contributed by atoms with E-state index in [0.29, 0.717) is 0 Å². The maximum atomic E-state index is 12.3. The van der Waals surface area contributed by atoms with Gasteiger partial charge in [-0.25, -0.2) is 10.6 Å². The Bertz CT molecular complexity index is 1140. The molecule has 0 bridgehead atoms. The average Bonchev–Trinajstić information content (AvgIpc) is 3.20. The van der Waals surface area contributed by atoms with E-state index in [-0.39, 0.29) is 36.6 Å². The molecule has 2 amide bonds. The molecule has 9 heteroatoms. The first kappa shape index (κ1) is 23.4. The fourth-order valence-electron chi connectivity index (χ4n) is 4.18. The molecule has 3 aromatic rings. The zero-order valence-electron chi connectivity index (χ0n) is 18.3. The van der Waals surface area contributed by atoms with Gasteiger partial charge in [-0.05, 0) is 34.7 Å². The number of nitrogen functional groups attached to an aromatic ring is 1. The number of nitrogens with one attached hydrogen (secondary N) is 2. The van der Waals surface area contributed by atoms with Gasteiger partial charge in [0.25, 0.3) is 5.91 Å². The molecule has 1 aliphatic rings. The van der Waals surface area contributed by atoms with Gasteiger partial charge in [0.1, 0.15) is 12.7 Å². The number of alkyl carbamates (subject to hydrolysis) is 1. The second-order valence-corrected chi connectivity index (χ2v) is 8.03. The van der Waals surface area contributed by atoms with Crippen molar-refractivity contribution in [2.75, 3.05) is 13.2 Å². The van der Waals surface area contributed by atoms with Crippen LogP contribution in [0.25, 0.3) is 11.1 Å². The van der Waals surface area contributed by atoms with E-state index < -0.39 is 24.2 Å². The number of carbonyl (C=O) groups excluding carboxylic acids is 2. The molecule has 2 unspecified atom stereocenters. The molecule has 9 nitrogen and oxygen atoms in total. The van der Waals surface area contributed by atoms with Gasteiger partial charge in [-0.3, -0.25) is 15.2 Å². The number of hydrazine groups is 1. The molecule has 0 saturated heterocycles. The van der Waals surface area contributed by atoms with Gasteiger partial charge in [0, 0.05) is 30.4 Å². The molecular formula is C25H26N4O5. The summed E-state index contributed by atoms with van der Waals surface area (Å²) < 4.78 is 5.46. The molecule has 0 radical (unpaired) electrons. The topological polar surface area (TPSA) is 147 Å². The summed E-state index contributed by atoms with van der Waals surface area (Å²) in [5.74, 6) is 4.50. The van der Waals surface area contributed by atoms with Crippen molar-refractivity contribution in [2.24, 2.45) is 5.84 Å². The molecule has 1 aromatic heterocycles. The maximum Gasteiger partial charge on any atom is 0.407 e. The molecule has 0 fully saturated rings. The Balaban J connectivity index is 1.28. The van der Waals surface area contributed by atoms with Gasteiger partial charge in [0.05, 0.1) is 11.7 Å². The van der Waals surface area contributed by atoms with Crippen LogP contribution in [-0.4, -0.2) is 46.5 Å². The monoisotopic (exact) mass is 462 g/mol. The van der Waals surface area contributed by atoms with E-state index in [1.807, 2.05) is 41.8 Å². The summed E-state index contributed by atoms with van der Waals surface area (Å²) in [5.41, 5.74) is 6.93. The fraction of sp³-hybridized carbons (Fsp3) is 0.240. The largest absolute Gasteiger partial charge is 0.449 e. The van der Waals surface area contributed by atoms with Crippen LogP contribution < -0.4 is 16.6 Å². The first-order valence-electron chi connectivity index (χ1n) is 10.9. The summed E-state index contributed by atoms with van der Waals surface area (Å²) in [6.45, 7) is 0.276. The van der Waals surface area contributed by atoms with Gasteiger partial charge in [0.2, 0.25) is 0 Å². The highest BCUT2D eigenvalue weighted by atomic mass is 16.5. The standard InChI is InChI=1S/C25H26N4O5/c26-29-24(32)16-11-15(12-27-13-16)23(31)22(30)9-10-28-25(33)34-14-21-19-7-3-1-5-17(19)18-6-2-4-8-20(18)21/h1-8,11-13,21-23,30-31H,9-10,14,26H2,(H,28,33)(H,29,32). The summed E-state index contributed by atoms with van der Waals surface area (Å²) >= 11 is 0. The molecular weight excluding hydrogens is 436 g/mol. The van der Waals surface area contributed by atoms with Crippen molar-refractivity contribution >= 4 is 12.0 Å². The minimum atomic E-state index is -1.29. The van der Waals surface area contributed by atoms with Crippen LogP contribution in [-0.2, 0) is 4.74 Å². The number of hydrogen-bond donors (Lipinski definition) is 5. The third-order valence-corrected chi connectivity index (χ3v) is 5.91. The number of fused-ring (bicyclic) bond motifs is 3. The van der Waals surface area contributed by atoms with Crippen molar-refractivity contribution in [3.8, 4) is 11.1 Å². The molecule has 0 aliphatic heterocycles. The Morgan fingerprint density at radius 1 is 1.03 bits per heavy atom. The molecule has 1 aliphatic carbocycles. The number of nitrogens with two attached hydrogens (primary N) is 1. The SMILES string of the molecule is NNC(=O)c1cncc(C(O)C(O)CCNC(=O)OCC2c3ccccc3-c3ccccc32)c1. The number of amides is 2. The third-order valence-electron chi connectivity index (χ3n) is 5.91. The van der Waals surface area contributed by atoms with E-state index in [0.717, 1.165) is 22.3 Å².